The van der Waals surface area contributed by atoms with Gasteiger partial charge in [0.05, 0.1) is 6.54 Å². The third-order valence-corrected chi connectivity index (χ3v) is 4.28. The van der Waals surface area contributed by atoms with Gasteiger partial charge in [0, 0.05) is 24.2 Å². The number of carbonyl (C=O) groups is 1. The molecule has 0 bridgehead atoms. The minimum absolute atomic E-state index is 0.137. The zero-order chi connectivity index (χ0) is 15.2. The summed E-state index contributed by atoms with van der Waals surface area (Å²) < 4.78 is 0. The van der Waals surface area contributed by atoms with Crippen molar-refractivity contribution in [3.63, 3.8) is 0 Å². The fourth-order valence-electron chi connectivity index (χ4n) is 2.80. The molecule has 1 heterocycles. The molecule has 3 heteroatoms. The number of aryl methyl sites for hydroxylation is 1. The van der Waals surface area contributed by atoms with Crippen LogP contribution in [0, 0.1) is 24.7 Å². The smallest absolute Gasteiger partial charge is 0.254 e. The lowest BCUT2D eigenvalue weighted by Gasteiger charge is -2.32. The second-order valence-corrected chi connectivity index (χ2v) is 5.68. The quantitative estimate of drug-likeness (QED) is 0.848. The zero-order valence-electron chi connectivity index (χ0n) is 13.0. The van der Waals surface area contributed by atoms with Crippen LogP contribution in [0.1, 0.15) is 47.7 Å². The SMILES string of the molecule is CCC1CCN(C(=O)c2cc(C#CCN)ccc2C)CC1. The van der Waals surface area contributed by atoms with Gasteiger partial charge < -0.3 is 10.6 Å². The van der Waals surface area contributed by atoms with Crippen molar-refractivity contribution in [3.8, 4) is 11.8 Å². The zero-order valence-corrected chi connectivity index (χ0v) is 13.0. The van der Waals surface area contributed by atoms with Gasteiger partial charge in [0.2, 0.25) is 0 Å². The van der Waals surface area contributed by atoms with Crippen LogP contribution >= 0.6 is 0 Å². The predicted molar refractivity (Wildman–Crippen MR) is 86.0 cm³/mol. The number of nitrogens with two attached hydrogens (primary N) is 1. The Bertz CT molecular complexity index is 560. The molecule has 1 aromatic carbocycles. The molecule has 0 atom stereocenters. The number of nitrogens with zero attached hydrogens (tertiary/aromatic N) is 1. The molecule has 112 valence electrons. The van der Waals surface area contributed by atoms with Gasteiger partial charge in [0.15, 0.2) is 0 Å². The van der Waals surface area contributed by atoms with E-state index in [4.69, 9.17) is 5.73 Å². The fraction of sp³-hybridized carbons (Fsp3) is 0.500. The number of rotatable bonds is 2. The van der Waals surface area contributed by atoms with E-state index in [1.165, 1.54) is 6.42 Å². The molecule has 0 radical (unpaired) electrons. The van der Waals surface area contributed by atoms with Crippen LogP contribution in [0.25, 0.3) is 0 Å². The number of benzene rings is 1. The van der Waals surface area contributed by atoms with Crippen molar-refractivity contribution in [1.82, 2.24) is 4.90 Å². The maximum Gasteiger partial charge on any atom is 0.254 e. The van der Waals surface area contributed by atoms with Crippen molar-refractivity contribution in [3.05, 3.63) is 34.9 Å². The van der Waals surface area contributed by atoms with Crippen LogP contribution in [0.5, 0.6) is 0 Å². The summed E-state index contributed by atoms with van der Waals surface area (Å²) in [4.78, 5) is 14.7. The molecule has 1 fully saturated rings. The molecule has 1 amide bonds. The third kappa shape index (κ3) is 3.86. The van der Waals surface area contributed by atoms with Crippen molar-refractivity contribution in [2.45, 2.75) is 33.1 Å². The Kier molecular flexibility index (Phi) is 5.41. The molecule has 0 unspecified atom stereocenters. The summed E-state index contributed by atoms with van der Waals surface area (Å²) >= 11 is 0. The summed E-state index contributed by atoms with van der Waals surface area (Å²) in [5.74, 6) is 6.75. The number of hydrogen-bond acceptors (Lipinski definition) is 2. The van der Waals surface area contributed by atoms with Crippen molar-refractivity contribution < 1.29 is 4.79 Å². The molecule has 2 rings (SSSR count). The first-order valence-corrected chi connectivity index (χ1v) is 7.74. The van der Waals surface area contributed by atoms with Crippen molar-refractivity contribution in [2.75, 3.05) is 19.6 Å². The largest absolute Gasteiger partial charge is 0.339 e. The first-order valence-electron chi connectivity index (χ1n) is 7.74. The van der Waals surface area contributed by atoms with Crippen LogP contribution in [0.3, 0.4) is 0 Å². The van der Waals surface area contributed by atoms with Gasteiger partial charge in [0.25, 0.3) is 5.91 Å². The van der Waals surface area contributed by atoms with Crippen LogP contribution in [0.4, 0.5) is 0 Å². The number of amides is 1. The van der Waals surface area contributed by atoms with E-state index in [9.17, 15) is 4.79 Å². The third-order valence-electron chi connectivity index (χ3n) is 4.28. The van der Waals surface area contributed by atoms with Crippen molar-refractivity contribution in [2.24, 2.45) is 11.7 Å². The second kappa shape index (κ2) is 7.28. The summed E-state index contributed by atoms with van der Waals surface area (Å²) in [5, 5.41) is 0. The van der Waals surface area contributed by atoms with Crippen LogP contribution in [0.15, 0.2) is 18.2 Å². The summed E-state index contributed by atoms with van der Waals surface area (Å²) in [6.07, 6.45) is 3.45. The molecular weight excluding hydrogens is 260 g/mol. The van der Waals surface area contributed by atoms with Crippen LogP contribution in [-0.4, -0.2) is 30.4 Å². The maximum absolute atomic E-state index is 12.7. The average Bonchev–Trinajstić information content (AvgIpc) is 2.53. The Hall–Kier alpha value is -1.79. The van der Waals surface area contributed by atoms with E-state index >= 15 is 0 Å². The normalized spacial score (nSPS) is 15.5. The number of piperidine rings is 1. The molecule has 1 aliphatic heterocycles. The van der Waals surface area contributed by atoms with E-state index in [2.05, 4.69) is 18.8 Å². The summed E-state index contributed by atoms with van der Waals surface area (Å²) in [7, 11) is 0. The fourth-order valence-corrected chi connectivity index (χ4v) is 2.80. The highest BCUT2D eigenvalue weighted by molar-refractivity contribution is 5.96. The summed E-state index contributed by atoms with van der Waals surface area (Å²) in [6, 6.07) is 5.80. The van der Waals surface area contributed by atoms with E-state index in [-0.39, 0.29) is 5.91 Å². The molecule has 1 aliphatic rings. The Morgan fingerprint density at radius 3 is 2.71 bits per heavy atom. The number of hydrogen-bond donors (Lipinski definition) is 1. The van der Waals surface area contributed by atoms with Gasteiger partial charge in [-0.3, -0.25) is 4.79 Å². The Morgan fingerprint density at radius 1 is 1.38 bits per heavy atom. The lowest BCUT2D eigenvalue weighted by molar-refractivity contribution is 0.0688. The van der Waals surface area contributed by atoms with Gasteiger partial charge in [-0.2, -0.15) is 0 Å². The summed E-state index contributed by atoms with van der Waals surface area (Å²) in [5.41, 5.74) is 8.04. The number of likely N-dealkylation sites (tertiary alicyclic amines) is 1. The van der Waals surface area contributed by atoms with E-state index in [1.807, 2.05) is 30.0 Å². The molecule has 0 aromatic heterocycles. The van der Waals surface area contributed by atoms with Crippen molar-refractivity contribution >= 4 is 5.91 Å². The van der Waals surface area contributed by atoms with Crippen LogP contribution in [0.2, 0.25) is 0 Å². The number of carbonyl (C=O) groups excluding carboxylic acids is 1. The molecule has 0 spiro atoms. The van der Waals surface area contributed by atoms with Crippen molar-refractivity contribution in [1.29, 1.82) is 0 Å². The van der Waals surface area contributed by atoms with Crippen LogP contribution in [-0.2, 0) is 0 Å². The van der Waals surface area contributed by atoms with Crippen LogP contribution < -0.4 is 5.73 Å². The molecule has 0 aliphatic carbocycles. The Morgan fingerprint density at radius 2 is 2.10 bits per heavy atom. The Balaban J connectivity index is 2.15. The van der Waals surface area contributed by atoms with E-state index < -0.39 is 0 Å². The first kappa shape index (κ1) is 15.6. The summed E-state index contributed by atoms with van der Waals surface area (Å²) in [6.45, 7) is 6.28. The van der Waals surface area contributed by atoms with Gasteiger partial charge in [-0.1, -0.05) is 31.3 Å². The maximum atomic E-state index is 12.7. The second-order valence-electron chi connectivity index (χ2n) is 5.68. The lowest BCUT2D eigenvalue weighted by atomic mass is 9.93. The van der Waals surface area contributed by atoms with Gasteiger partial charge in [0.1, 0.15) is 0 Å². The molecular formula is C18H24N2O. The first-order chi connectivity index (χ1) is 10.2. The topological polar surface area (TPSA) is 46.3 Å². The van der Waals surface area contributed by atoms with Gasteiger partial charge >= 0.3 is 0 Å². The van der Waals surface area contributed by atoms with Gasteiger partial charge in [-0.05, 0) is 43.4 Å². The minimum atomic E-state index is 0.137. The molecule has 2 N–H and O–H groups in total. The predicted octanol–water partition coefficient (Wildman–Crippen LogP) is 2.57. The molecule has 3 nitrogen and oxygen atoms in total. The van der Waals surface area contributed by atoms with Gasteiger partial charge in [-0.25, -0.2) is 0 Å². The average molecular weight is 284 g/mol. The van der Waals surface area contributed by atoms with E-state index in [0.29, 0.717) is 6.54 Å². The molecule has 21 heavy (non-hydrogen) atoms. The Labute approximate surface area is 127 Å². The minimum Gasteiger partial charge on any atom is -0.339 e. The molecule has 1 aromatic rings. The van der Waals surface area contributed by atoms with Gasteiger partial charge in [-0.15, -0.1) is 0 Å². The lowest BCUT2D eigenvalue weighted by Crippen LogP contribution is -2.38. The standard InChI is InChI=1S/C18H24N2O/c1-3-15-8-11-20(12-9-15)18(21)17-13-16(5-4-10-19)7-6-14(17)2/h6-7,13,15H,3,8-12,19H2,1-2H3. The molecule has 0 saturated carbocycles. The monoisotopic (exact) mass is 284 g/mol. The van der Waals surface area contributed by atoms with E-state index in [0.717, 1.165) is 48.5 Å². The van der Waals surface area contributed by atoms with E-state index in [1.54, 1.807) is 0 Å². The highest BCUT2D eigenvalue weighted by atomic mass is 16.2. The molecule has 1 saturated heterocycles. The highest BCUT2D eigenvalue weighted by Crippen LogP contribution is 2.22. The highest BCUT2D eigenvalue weighted by Gasteiger charge is 2.23.